The van der Waals surface area contributed by atoms with Crippen molar-refractivity contribution in [1.29, 1.82) is 0 Å². The van der Waals surface area contributed by atoms with Crippen molar-refractivity contribution in [1.82, 2.24) is 0 Å². The minimum atomic E-state index is -0.579. The first-order valence-electron chi connectivity index (χ1n) is 6.77. The monoisotopic (exact) mass is 392 g/mol. The maximum atomic E-state index is 12.3. The summed E-state index contributed by atoms with van der Waals surface area (Å²) >= 11 is 3.07. The summed E-state index contributed by atoms with van der Waals surface area (Å²) in [5.74, 6) is -1.04. The predicted molar refractivity (Wildman–Crippen MR) is 91.3 cm³/mol. The number of hydrogen-bond donors (Lipinski definition) is 1. The van der Waals surface area contributed by atoms with Gasteiger partial charge in [0.15, 0.2) is 0 Å². The number of benzene rings is 2. The van der Waals surface area contributed by atoms with Gasteiger partial charge in [-0.05, 0) is 52.7 Å². The zero-order valence-corrected chi connectivity index (χ0v) is 14.4. The molecule has 0 fully saturated rings. The van der Waals surface area contributed by atoms with Gasteiger partial charge in [0, 0.05) is 17.3 Å². The first kappa shape index (κ1) is 17.6. The van der Waals surface area contributed by atoms with Crippen LogP contribution in [0, 0.1) is 17.0 Å². The average Bonchev–Trinajstić information content (AvgIpc) is 2.56. The number of methoxy groups -OCH3 is 1. The Balaban J connectivity index is 2.31. The molecule has 0 saturated carbocycles. The molecule has 0 unspecified atom stereocenters. The summed E-state index contributed by atoms with van der Waals surface area (Å²) in [7, 11) is 1.27. The summed E-state index contributed by atoms with van der Waals surface area (Å²) in [5.41, 5.74) is 1.38. The number of hydrogen-bond acceptors (Lipinski definition) is 5. The number of nitro groups is 1. The fraction of sp³-hybridized carbons (Fsp3) is 0.125. The Morgan fingerprint density at radius 2 is 1.83 bits per heavy atom. The van der Waals surface area contributed by atoms with Gasteiger partial charge in [-0.3, -0.25) is 14.9 Å². The van der Waals surface area contributed by atoms with Crippen molar-refractivity contribution in [2.24, 2.45) is 0 Å². The van der Waals surface area contributed by atoms with Crippen LogP contribution in [0.5, 0.6) is 0 Å². The molecule has 7 nitrogen and oxygen atoms in total. The van der Waals surface area contributed by atoms with Crippen molar-refractivity contribution in [2.75, 3.05) is 12.4 Å². The molecule has 124 valence electrons. The number of amides is 1. The number of nitrogens with zero attached hydrogens (tertiary/aromatic N) is 1. The Bertz CT molecular complexity index is 835. The highest BCUT2D eigenvalue weighted by Crippen LogP contribution is 2.26. The average molecular weight is 393 g/mol. The molecular formula is C16H13BrN2O5. The lowest BCUT2D eigenvalue weighted by molar-refractivity contribution is -0.385. The maximum absolute atomic E-state index is 12.3. The topological polar surface area (TPSA) is 98.5 Å². The molecule has 0 aromatic heterocycles. The molecule has 0 atom stereocenters. The SMILES string of the molecule is COC(=O)c1ccc(C)c(NC(=O)c2ccc(Br)c([N+](=O)[O-])c2)c1. The number of rotatable bonds is 4. The van der Waals surface area contributed by atoms with E-state index in [-0.39, 0.29) is 15.7 Å². The molecule has 1 amide bonds. The van der Waals surface area contributed by atoms with Crippen LogP contribution in [0.1, 0.15) is 26.3 Å². The number of ether oxygens (including phenoxy) is 1. The smallest absolute Gasteiger partial charge is 0.337 e. The predicted octanol–water partition coefficient (Wildman–Crippen LogP) is 3.70. The van der Waals surface area contributed by atoms with Gasteiger partial charge in [0.05, 0.1) is 22.1 Å². The van der Waals surface area contributed by atoms with E-state index in [9.17, 15) is 19.7 Å². The summed E-state index contributed by atoms with van der Waals surface area (Å²) in [6, 6.07) is 8.83. The van der Waals surface area contributed by atoms with Crippen LogP contribution in [0.3, 0.4) is 0 Å². The highest BCUT2D eigenvalue weighted by Gasteiger charge is 2.17. The molecule has 24 heavy (non-hydrogen) atoms. The third-order valence-corrected chi connectivity index (χ3v) is 3.98. The molecule has 0 spiro atoms. The van der Waals surface area contributed by atoms with E-state index in [0.717, 1.165) is 5.56 Å². The van der Waals surface area contributed by atoms with Crippen molar-refractivity contribution in [3.05, 3.63) is 67.7 Å². The van der Waals surface area contributed by atoms with Gasteiger partial charge in [-0.1, -0.05) is 6.07 Å². The van der Waals surface area contributed by atoms with Crippen LogP contribution in [0.25, 0.3) is 0 Å². The van der Waals surface area contributed by atoms with Crippen molar-refractivity contribution in [3.63, 3.8) is 0 Å². The summed E-state index contributed by atoms with van der Waals surface area (Å²) < 4.78 is 4.93. The highest BCUT2D eigenvalue weighted by molar-refractivity contribution is 9.10. The molecule has 0 saturated heterocycles. The van der Waals surface area contributed by atoms with E-state index in [0.29, 0.717) is 11.3 Å². The summed E-state index contributed by atoms with van der Waals surface area (Å²) in [5, 5.41) is 13.6. The number of aryl methyl sites for hydroxylation is 1. The number of carbonyl (C=O) groups is 2. The second-order valence-electron chi connectivity index (χ2n) is 4.90. The van der Waals surface area contributed by atoms with E-state index in [1.165, 1.54) is 31.4 Å². The Kier molecular flexibility index (Phi) is 5.30. The van der Waals surface area contributed by atoms with Gasteiger partial charge in [0.25, 0.3) is 11.6 Å². The molecule has 2 aromatic carbocycles. The summed E-state index contributed by atoms with van der Waals surface area (Å²) in [6.07, 6.45) is 0. The molecule has 0 radical (unpaired) electrons. The second-order valence-corrected chi connectivity index (χ2v) is 5.75. The van der Waals surface area contributed by atoms with Crippen molar-refractivity contribution in [2.45, 2.75) is 6.92 Å². The van der Waals surface area contributed by atoms with E-state index in [1.807, 2.05) is 0 Å². The van der Waals surface area contributed by atoms with Gasteiger partial charge < -0.3 is 10.1 Å². The first-order chi connectivity index (χ1) is 11.3. The molecule has 0 aliphatic carbocycles. The number of halogens is 1. The third kappa shape index (κ3) is 3.77. The molecule has 0 heterocycles. The fourth-order valence-corrected chi connectivity index (χ4v) is 2.38. The second kappa shape index (κ2) is 7.22. The van der Waals surface area contributed by atoms with Gasteiger partial charge in [-0.2, -0.15) is 0 Å². The summed E-state index contributed by atoms with van der Waals surface area (Å²) in [6.45, 7) is 1.76. The quantitative estimate of drug-likeness (QED) is 0.485. The van der Waals surface area contributed by atoms with Crippen LogP contribution in [0.4, 0.5) is 11.4 Å². The highest BCUT2D eigenvalue weighted by atomic mass is 79.9. The molecule has 0 bridgehead atoms. The first-order valence-corrected chi connectivity index (χ1v) is 7.57. The number of nitro benzene ring substituents is 1. The molecule has 0 aliphatic rings. The van der Waals surface area contributed by atoms with E-state index in [2.05, 4.69) is 26.0 Å². The van der Waals surface area contributed by atoms with Crippen LogP contribution < -0.4 is 5.32 Å². The zero-order chi connectivity index (χ0) is 17.9. The van der Waals surface area contributed by atoms with Crippen LogP contribution in [-0.2, 0) is 4.74 Å². The van der Waals surface area contributed by atoms with Gasteiger partial charge in [-0.15, -0.1) is 0 Å². The summed E-state index contributed by atoms with van der Waals surface area (Å²) in [4.78, 5) is 34.3. The van der Waals surface area contributed by atoms with E-state index >= 15 is 0 Å². The molecular weight excluding hydrogens is 380 g/mol. The van der Waals surface area contributed by atoms with E-state index < -0.39 is 16.8 Å². The molecule has 2 rings (SSSR count). The molecule has 1 N–H and O–H groups in total. The Labute approximate surface area is 145 Å². The van der Waals surface area contributed by atoms with Gasteiger partial charge in [-0.25, -0.2) is 4.79 Å². The van der Waals surface area contributed by atoms with E-state index in [4.69, 9.17) is 0 Å². The maximum Gasteiger partial charge on any atom is 0.337 e. The lowest BCUT2D eigenvalue weighted by Gasteiger charge is -2.10. The third-order valence-electron chi connectivity index (χ3n) is 3.31. The Hall–Kier alpha value is -2.74. The van der Waals surface area contributed by atoms with E-state index in [1.54, 1.807) is 19.1 Å². The van der Waals surface area contributed by atoms with Crippen LogP contribution in [0.15, 0.2) is 40.9 Å². The minimum Gasteiger partial charge on any atom is -0.465 e. The number of carbonyl (C=O) groups excluding carboxylic acids is 2. The largest absolute Gasteiger partial charge is 0.465 e. The van der Waals surface area contributed by atoms with Crippen LogP contribution in [-0.4, -0.2) is 23.9 Å². The zero-order valence-electron chi connectivity index (χ0n) is 12.8. The number of nitrogens with one attached hydrogen (secondary N) is 1. The van der Waals surface area contributed by atoms with Crippen molar-refractivity contribution in [3.8, 4) is 0 Å². The standard InChI is InChI=1S/C16H13BrN2O5/c1-9-3-4-11(16(21)24-2)7-13(9)18-15(20)10-5-6-12(17)14(8-10)19(22)23/h3-8H,1-2H3,(H,18,20). The lowest BCUT2D eigenvalue weighted by atomic mass is 10.1. The van der Waals surface area contributed by atoms with Crippen molar-refractivity contribution >= 4 is 39.2 Å². The van der Waals surface area contributed by atoms with Gasteiger partial charge in [0.1, 0.15) is 0 Å². The van der Waals surface area contributed by atoms with Crippen molar-refractivity contribution < 1.29 is 19.2 Å². The van der Waals surface area contributed by atoms with Gasteiger partial charge >= 0.3 is 5.97 Å². The Morgan fingerprint density at radius 3 is 2.46 bits per heavy atom. The molecule has 2 aromatic rings. The number of esters is 1. The fourth-order valence-electron chi connectivity index (χ4n) is 1.99. The molecule has 0 aliphatic heterocycles. The molecule has 8 heteroatoms. The number of anilines is 1. The Morgan fingerprint density at radius 1 is 1.17 bits per heavy atom. The lowest BCUT2D eigenvalue weighted by Crippen LogP contribution is -2.14. The minimum absolute atomic E-state index is 0.132. The van der Waals surface area contributed by atoms with Gasteiger partial charge in [0.2, 0.25) is 0 Å². The van der Waals surface area contributed by atoms with Crippen LogP contribution >= 0.6 is 15.9 Å². The normalized spacial score (nSPS) is 10.1. The van der Waals surface area contributed by atoms with Crippen LogP contribution in [0.2, 0.25) is 0 Å².